The summed E-state index contributed by atoms with van der Waals surface area (Å²) in [4.78, 5) is 15.0. The van der Waals surface area contributed by atoms with Gasteiger partial charge < -0.3 is 4.90 Å². The minimum atomic E-state index is 0.302. The fourth-order valence-electron chi connectivity index (χ4n) is 4.91. The first-order chi connectivity index (χ1) is 14.6. The van der Waals surface area contributed by atoms with E-state index in [-0.39, 0.29) is 0 Å². The molecule has 2 aliphatic rings. The molecule has 0 saturated heterocycles. The van der Waals surface area contributed by atoms with Crippen molar-refractivity contribution in [2.75, 3.05) is 19.6 Å². The summed E-state index contributed by atoms with van der Waals surface area (Å²) in [5.41, 5.74) is 10.1. The standard InChI is InChI=1S/C28H33NO/c1-4-29(5-2)18-8-11-22-14-15-24-25(16-17-27(24)30)28(22)26-19-23(13-12-20(26)3)21-9-6-7-10-21/h6,9-10,12-15,19H,4-5,7-8,11,16-18H2,1-3H3. The number of carbonyl (C=O) groups excluding carboxylic acids is 1. The van der Waals surface area contributed by atoms with Gasteiger partial charge in [-0.3, -0.25) is 4.79 Å². The molecule has 0 bridgehead atoms. The molecule has 4 rings (SSSR count). The summed E-state index contributed by atoms with van der Waals surface area (Å²) in [6.45, 7) is 10.00. The first-order valence-electron chi connectivity index (χ1n) is 11.5. The number of nitrogens with zero attached hydrogens (tertiary/aromatic N) is 1. The van der Waals surface area contributed by atoms with Crippen LogP contribution >= 0.6 is 0 Å². The van der Waals surface area contributed by atoms with Crippen LogP contribution in [-0.2, 0) is 12.8 Å². The fraction of sp³-hybridized carbons (Fsp3) is 0.393. The summed E-state index contributed by atoms with van der Waals surface area (Å²) in [5.74, 6) is 0.302. The maximum absolute atomic E-state index is 12.5. The number of hydrogen-bond donors (Lipinski definition) is 0. The Morgan fingerprint density at radius 3 is 2.57 bits per heavy atom. The fourth-order valence-corrected chi connectivity index (χ4v) is 4.91. The van der Waals surface area contributed by atoms with Crippen molar-refractivity contribution in [1.82, 2.24) is 4.90 Å². The Labute approximate surface area is 181 Å². The number of carbonyl (C=O) groups is 1. The Hall–Kier alpha value is -2.45. The van der Waals surface area contributed by atoms with Gasteiger partial charge in [-0.15, -0.1) is 0 Å². The molecule has 2 aromatic carbocycles. The molecule has 0 N–H and O–H groups in total. The zero-order valence-electron chi connectivity index (χ0n) is 18.6. The number of Topliss-reactive ketones (excluding diaryl/α,β-unsaturated/α-hetero) is 1. The summed E-state index contributed by atoms with van der Waals surface area (Å²) < 4.78 is 0. The molecule has 0 aromatic heterocycles. The highest BCUT2D eigenvalue weighted by Crippen LogP contribution is 2.39. The molecule has 30 heavy (non-hydrogen) atoms. The molecule has 2 aliphatic carbocycles. The number of benzene rings is 2. The maximum atomic E-state index is 12.5. The van der Waals surface area contributed by atoms with Crippen LogP contribution in [0.1, 0.15) is 65.7 Å². The van der Waals surface area contributed by atoms with E-state index < -0.39 is 0 Å². The van der Waals surface area contributed by atoms with Gasteiger partial charge >= 0.3 is 0 Å². The van der Waals surface area contributed by atoms with Gasteiger partial charge in [0, 0.05) is 12.0 Å². The number of ketones is 1. The molecule has 2 aromatic rings. The molecule has 2 nitrogen and oxygen atoms in total. The van der Waals surface area contributed by atoms with Crippen molar-refractivity contribution in [3.8, 4) is 11.1 Å². The second kappa shape index (κ2) is 9.14. The lowest BCUT2D eigenvalue weighted by molar-refractivity contribution is 0.0994. The highest BCUT2D eigenvalue weighted by Gasteiger charge is 2.25. The van der Waals surface area contributed by atoms with Crippen molar-refractivity contribution in [3.05, 3.63) is 76.4 Å². The van der Waals surface area contributed by atoms with Gasteiger partial charge in [-0.1, -0.05) is 56.3 Å². The van der Waals surface area contributed by atoms with E-state index in [9.17, 15) is 4.79 Å². The minimum Gasteiger partial charge on any atom is -0.304 e. The van der Waals surface area contributed by atoms with E-state index in [1.165, 1.54) is 39.0 Å². The SMILES string of the molecule is CCN(CC)CCCc1ccc2c(c1-c1cc(C3=CCC=C3)ccc1C)CCC2=O. The predicted octanol–water partition coefficient (Wildman–Crippen LogP) is 6.41. The highest BCUT2D eigenvalue weighted by atomic mass is 16.1. The first-order valence-corrected chi connectivity index (χ1v) is 11.5. The van der Waals surface area contributed by atoms with E-state index in [0.717, 1.165) is 50.9 Å². The lowest BCUT2D eigenvalue weighted by Crippen LogP contribution is -2.24. The van der Waals surface area contributed by atoms with Crippen LogP contribution in [0.2, 0.25) is 0 Å². The van der Waals surface area contributed by atoms with Crippen molar-refractivity contribution in [2.24, 2.45) is 0 Å². The Kier molecular flexibility index (Phi) is 6.34. The second-order valence-corrected chi connectivity index (χ2v) is 8.51. The molecular formula is C28H33NO. The quantitative estimate of drug-likeness (QED) is 0.511. The molecule has 156 valence electrons. The molecule has 0 saturated carbocycles. The lowest BCUT2D eigenvalue weighted by atomic mass is 9.86. The summed E-state index contributed by atoms with van der Waals surface area (Å²) >= 11 is 0. The van der Waals surface area contributed by atoms with Crippen molar-refractivity contribution in [2.45, 2.75) is 52.9 Å². The largest absolute Gasteiger partial charge is 0.304 e. The van der Waals surface area contributed by atoms with Gasteiger partial charge in [-0.2, -0.15) is 0 Å². The third kappa shape index (κ3) is 4.06. The van der Waals surface area contributed by atoms with Gasteiger partial charge in [-0.05, 0) is 97.3 Å². The van der Waals surface area contributed by atoms with Gasteiger partial charge in [0.2, 0.25) is 0 Å². The van der Waals surface area contributed by atoms with Crippen molar-refractivity contribution >= 4 is 11.4 Å². The Bertz CT molecular complexity index is 1010. The van der Waals surface area contributed by atoms with Crippen molar-refractivity contribution in [3.63, 3.8) is 0 Å². The van der Waals surface area contributed by atoms with Gasteiger partial charge in [0.1, 0.15) is 0 Å². The maximum Gasteiger partial charge on any atom is 0.163 e. The number of rotatable bonds is 8. The van der Waals surface area contributed by atoms with Gasteiger partial charge in [0.05, 0.1) is 0 Å². The number of fused-ring (bicyclic) bond motifs is 1. The third-order valence-corrected chi connectivity index (χ3v) is 6.73. The summed E-state index contributed by atoms with van der Waals surface area (Å²) in [6, 6.07) is 11.1. The molecule has 0 unspecified atom stereocenters. The minimum absolute atomic E-state index is 0.302. The van der Waals surface area contributed by atoms with Gasteiger partial charge in [0.15, 0.2) is 5.78 Å². The monoisotopic (exact) mass is 399 g/mol. The van der Waals surface area contributed by atoms with E-state index in [4.69, 9.17) is 0 Å². The topological polar surface area (TPSA) is 20.3 Å². The van der Waals surface area contributed by atoms with Crippen LogP contribution in [0.25, 0.3) is 16.7 Å². The normalized spacial score (nSPS) is 15.2. The van der Waals surface area contributed by atoms with Crippen LogP contribution < -0.4 is 0 Å². The summed E-state index contributed by atoms with van der Waals surface area (Å²) in [6.07, 6.45) is 11.5. The predicted molar refractivity (Wildman–Crippen MR) is 127 cm³/mol. The number of allylic oxidation sites excluding steroid dienone is 4. The van der Waals surface area contributed by atoms with Crippen LogP contribution in [0.5, 0.6) is 0 Å². The van der Waals surface area contributed by atoms with Gasteiger partial charge in [-0.25, -0.2) is 0 Å². The zero-order chi connectivity index (χ0) is 21.1. The van der Waals surface area contributed by atoms with E-state index in [1.807, 2.05) is 0 Å². The molecule has 0 aliphatic heterocycles. The van der Waals surface area contributed by atoms with Crippen LogP contribution in [0.4, 0.5) is 0 Å². The van der Waals surface area contributed by atoms with Crippen molar-refractivity contribution in [1.29, 1.82) is 0 Å². The number of hydrogen-bond acceptors (Lipinski definition) is 2. The molecule has 0 amide bonds. The molecule has 0 spiro atoms. The van der Waals surface area contributed by atoms with Crippen LogP contribution in [0.15, 0.2) is 48.6 Å². The third-order valence-electron chi connectivity index (χ3n) is 6.73. The van der Waals surface area contributed by atoms with E-state index in [0.29, 0.717) is 12.2 Å². The summed E-state index contributed by atoms with van der Waals surface area (Å²) in [5, 5.41) is 0. The second-order valence-electron chi connectivity index (χ2n) is 8.51. The number of aryl methyl sites for hydroxylation is 2. The smallest absolute Gasteiger partial charge is 0.163 e. The molecule has 0 radical (unpaired) electrons. The van der Waals surface area contributed by atoms with Crippen molar-refractivity contribution < 1.29 is 4.79 Å². The molecule has 0 atom stereocenters. The van der Waals surface area contributed by atoms with Gasteiger partial charge in [0.25, 0.3) is 0 Å². The van der Waals surface area contributed by atoms with E-state index >= 15 is 0 Å². The molecular weight excluding hydrogens is 366 g/mol. The molecule has 2 heteroatoms. The average molecular weight is 400 g/mol. The molecule has 0 fully saturated rings. The van der Waals surface area contributed by atoms with E-state index in [1.54, 1.807) is 0 Å². The summed E-state index contributed by atoms with van der Waals surface area (Å²) in [7, 11) is 0. The Morgan fingerprint density at radius 1 is 1.00 bits per heavy atom. The average Bonchev–Trinajstić information content (AvgIpc) is 3.42. The van der Waals surface area contributed by atoms with E-state index in [2.05, 4.69) is 74.2 Å². The highest BCUT2D eigenvalue weighted by molar-refractivity contribution is 6.03. The Balaban J connectivity index is 1.75. The van der Waals surface area contributed by atoms with Crippen LogP contribution in [0, 0.1) is 6.92 Å². The Morgan fingerprint density at radius 2 is 1.83 bits per heavy atom. The molecule has 0 heterocycles. The lowest BCUT2D eigenvalue weighted by Gasteiger charge is -2.20. The first kappa shape index (κ1) is 20.8. The van der Waals surface area contributed by atoms with Crippen LogP contribution in [-0.4, -0.2) is 30.3 Å². The zero-order valence-corrected chi connectivity index (χ0v) is 18.6. The van der Waals surface area contributed by atoms with Crippen LogP contribution in [0.3, 0.4) is 0 Å².